The Hall–Kier alpha value is -4.05. The highest BCUT2D eigenvalue weighted by atomic mass is 35.5. The first kappa shape index (κ1) is 36.7. The van der Waals surface area contributed by atoms with Crippen LogP contribution in [0.5, 0.6) is 5.75 Å². The topological polar surface area (TPSA) is 90.4 Å². The summed E-state index contributed by atoms with van der Waals surface area (Å²) in [5.74, 6) is -1.59. The zero-order valence-electron chi connectivity index (χ0n) is 29.4. The van der Waals surface area contributed by atoms with E-state index in [1.165, 1.54) is 0 Å². The number of nitrogens with zero attached hydrogens (tertiary/aromatic N) is 3. The second kappa shape index (κ2) is 15.3. The fraction of sp³-hybridized carbons (Fsp3) is 0.390. The number of halogens is 1. The number of hydrogen-bond acceptors (Lipinski definition) is 6. The van der Waals surface area contributed by atoms with Crippen molar-refractivity contribution in [3.05, 3.63) is 114 Å². The molecular weight excluding hydrogens is 682 g/mol. The Morgan fingerprint density at radius 2 is 1.73 bits per heavy atom. The number of aliphatic hydroxyl groups excluding tert-OH is 1. The number of fused-ring (bicyclic) bond motifs is 1. The first-order valence-corrected chi connectivity index (χ1v) is 18.9. The van der Waals surface area contributed by atoms with Gasteiger partial charge in [0.05, 0.1) is 46.5 Å². The van der Waals surface area contributed by atoms with Crippen molar-refractivity contribution < 1.29 is 24.2 Å². The molecule has 3 heterocycles. The number of ether oxygens (including phenoxy) is 1. The first-order valence-electron chi connectivity index (χ1n) is 17.6. The van der Waals surface area contributed by atoms with Gasteiger partial charge in [-0.15, -0.1) is 24.9 Å². The van der Waals surface area contributed by atoms with E-state index in [1.807, 2.05) is 80.6 Å². The summed E-state index contributed by atoms with van der Waals surface area (Å²) in [6.45, 7) is 14.4. The monoisotopic (exact) mass is 727 g/mol. The molecule has 7 atom stereocenters. The molecule has 3 aromatic carbocycles. The van der Waals surface area contributed by atoms with E-state index < -0.39 is 28.7 Å². The van der Waals surface area contributed by atoms with E-state index in [4.69, 9.17) is 16.3 Å². The summed E-state index contributed by atoms with van der Waals surface area (Å²) in [6.07, 6.45) is 4.35. The van der Waals surface area contributed by atoms with E-state index in [2.05, 4.69) is 20.1 Å². The number of aliphatic hydroxyl groups is 1. The molecule has 51 heavy (non-hydrogen) atoms. The molecule has 1 spiro atoms. The quantitative estimate of drug-likeness (QED) is 0.186. The maximum atomic E-state index is 15.4. The molecule has 3 amide bonds. The number of hydrogen-bond donors (Lipinski definition) is 1. The third-order valence-corrected chi connectivity index (χ3v) is 13.1. The lowest BCUT2D eigenvalue weighted by Gasteiger charge is -2.42. The van der Waals surface area contributed by atoms with Crippen LogP contribution in [0.2, 0.25) is 5.02 Å². The zero-order valence-corrected chi connectivity index (χ0v) is 31.0. The van der Waals surface area contributed by atoms with Crippen molar-refractivity contribution in [1.82, 2.24) is 4.90 Å². The highest BCUT2D eigenvalue weighted by molar-refractivity contribution is 8.02. The largest absolute Gasteiger partial charge is 0.494 e. The van der Waals surface area contributed by atoms with Gasteiger partial charge in [0.15, 0.2) is 0 Å². The maximum absolute atomic E-state index is 15.4. The van der Waals surface area contributed by atoms with Gasteiger partial charge >= 0.3 is 0 Å². The molecule has 10 heteroatoms. The number of amides is 3. The molecule has 3 saturated heterocycles. The summed E-state index contributed by atoms with van der Waals surface area (Å²) in [7, 11) is 0. The lowest BCUT2D eigenvalue weighted by molar-refractivity contribution is -0.141. The molecule has 3 aliphatic rings. The minimum Gasteiger partial charge on any atom is -0.494 e. The number of carbonyl (C=O) groups is 3. The summed E-state index contributed by atoms with van der Waals surface area (Å²) in [4.78, 5) is 50.4. The van der Waals surface area contributed by atoms with Gasteiger partial charge in [-0.25, -0.2) is 0 Å². The van der Waals surface area contributed by atoms with Crippen molar-refractivity contribution in [3.8, 4) is 5.75 Å². The Labute approximate surface area is 310 Å². The molecule has 6 rings (SSSR count). The van der Waals surface area contributed by atoms with Crippen LogP contribution in [0.4, 0.5) is 11.4 Å². The van der Waals surface area contributed by atoms with E-state index >= 15 is 9.59 Å². The van der Waals surface area contributed by atoms with Crippen molar-refractivity contribution in [1.29, 1.82) is 0 Å². The van der Waals surface area contributed by atoms with Crippen LogP contribution in [0.25, 0.3) is 0 Å². The number of rotatable bonds is 14. The van der Waals surface area contributed by atoms with E-state index in [0.717, 1.165) is 11.1 Å². The normalized spacial score (nSPS) is 25.3. The van der Waals surface area contributed by atoms with Crippen LogP contribution in [0.1, 0.15) is 31.4 Å². The van der Waals surface area contributed by atoms with Crippen LogP contribution < -0.4 is 14.5 Å². The number of likely N-dealkylation sites (tertiary alicyclic amines) is 1. The number of aryl methyl sites for hydroxylation is 1. The average molecular weight is 728 g/mol. The van der Waals surface area contributed by atoms with E-state index in [9.17, 15) is 9.90 Å². The highest BCUT2D eigenvalue weighted by Crippen LogP contribution is 2.69. The molecule has 0 aliphatic carbocycles. The van der Waals surface area contributed by atoms with Crippen LogP contribution in [-0.4, -0.2) is 76.1 Å². The molecule has 1 N–H and O–H groups in total. The van der Waals surface area contributed by atoms with Crippen molar-refractivity contribution >= 4 is 52.5 Å². The standard InChI is InChI=1S/C41H46ClN3O5S/c1-6-21-43(29-17-19-31(20-18-29)50-8-3)38(47)34-33-23-27(5)41(51-33)35(34)39(48)45(30(25-46)24-28-14-10-9-11-15-28)37(41)40(49)44(22-7-2)36-26(4)13-12-16-32(36)42/h6-7,9-20,27,30,33-35,37,46H,1-2,8,21-25H2,3-5H3/t27?,30-,33-,34+,35+,37?,41?/m1/s1. The molecule has 3 aromatic rings. The molecule has 3 fully saturated rings. The second-order valence-corrected chi connectivity index (χ2v) is 15.6. The smallest absolute Gasteiger partial charge is 0.251 e. The Morgan fingerprint density at radius 1 is 1.04 bits per heavy atom. The summed E-state index contributed by atoms with van der Waals surface area (Å²) < 4.78 is 4.72. The summed E-state index contributed by atoms with van der Waals surface area (Å²) in [5, 5.41) is 11.2. The summed E-state index contributed by atoms with van der Waals surface area (Å²) in [5.41, 5.74) is 2.98. The summed E-state index contributed by atoms with van der Waals surface area (Å²) in [6, 6.07) is 20.8. The van der Waals surface area contributed by atoms with Crippen molar-refractivity contribution in [3.63, 3.8) is 0 Å². The second-order valence-electron chi connectivity index (χ2n) is 13.6. The molecule has 3 unspecified atom stereocenters. The SMILES string of the molecule is C=CCN(C(=O)[C@@H]1[C@H]2C(=O)N([C@@H](CO)Cc3ccccc3)C(C(=O)N(CC=C)c3c(C)cccc3Cl)C23S[C@@H]1CC3C)c1ccc(OCC)cc1. The molecule has 8 nitrogen and oxygen atoms in total. The Bertz CT molecular complexity index is 1770. The van der Waals surface area contributed by atoms with Crippen molar-refractivity contribution in [2.24, 2.45) is 17.8 Å². The van der Waals surface area contributed by atoms with Gasteiger partial charge in [0.1, 0.15) is 11.8 Å². The number of thioether (sulfide) groups is 1. The molecule has 0 saturated carbocycles. The average Bonchev–Trinajstić information content (AvgIpc) is 3.73. The van der Waals surface area contributed by atoms with Crippen LogP contribution in [0.3, 0.4) is 0 Å². The maximum Gasteiger partial charge on any atom is 0.251 e. The van der Waals surface area contributed by atoms with Gasteiger partial charge in [-0.2, -0.15) is 0 Å². The van der Waals surface area contributed by atoms with E-state index in [1.54, 1.807) is 44.7 Å². The van der Waals surface area contributed by atoms with Crippen LogP contribution in [0, 0.1) is 24.7 Å². The Kier molecular flexibility index (Phi) is 11.0. The molecule has 0 radical (unpaired) electrons. The van der Waals surface area contributed by atoms with Gasteiger partial charge in [-0.3, -0.25) is 14.4 Å². The minimum atomic E-state index is -0.965. The first-order chi connectivity index (χ1) is 24.6. The Balaban J connectivity index is 1.47. The lowest BCUT2D eigenvalue weighted by Crippen LogP contribution is -2.60. The third kappa shape index (κ3) is 6.38. The van der Waals surface area contributed by atoms with Crippen LogP contribution in [0.15, 0.2) is 98.1 Å². The van der Waals surface area contributed by atoms with Crippen LogP contribution >= 0.6 is 23.4 Å². The fourth-order valence-electron chi connectivity index (χ4n) is 8.61. The van der Waals surface area contributed by atoms with Gasteiger partial charge in [0, 0.05) is 24.0 Å². The van der Waals surface area contributed by atoms with E-state index in [-0.39, 0.29) is 48.6 Å². The van der Waals surface area contributed by atoms with Crippen molar-refractivity contribution in [2.45, 2.75) is 55.7 Å². The zero-order chi connectivity index (χ0) is 36.4. The highest BCUT2D eigenvalue weighted by Gasteiger charge is 2.77. The third-order valence-electron chi connectivity index (χ3n) is 10.7. The minimum absolute atomic E-state index is 0.0724. The predicted octanol–water partition coefficient (Wildman–Crippen LogP) is 6.73. The molecule has 0 aromatic heterocycles. The van der Waals surface area contributed by atoms with Crippen molar-refractivity contribution in [2.75, 3.05) is 36.1 Å². The number of carbonyl (C=O) groups excluding carboxylic acids is 3. The number of para-hydroxylation sites is 1. The predicted molar refractivity (Wildman–Crippen MR) is 205 cm³/mol. The van der Waals surface area contributed by atoms with Gasteiger partial charge in [0.25, 0.3) is 5.91 Å². The Morgan fingerprint density at radius 3 is 2.35 bits per heavy atom. The number of benzene rings is 3. The van der Waals surface area contributed by atoms with Gasteiger partial charge in [-0.05, 0) is 74.1 Å². The molecular formula is C41H46ClN3O5S. The molecule has 268 valence electrons. The van der Waals surface area contributed by atoms with Gasteiger partial charge in [0.2, 0.25) is 11.8 Å². The van der Waals surface area contributed by atoms with Gasteiger partial charge < -0.3 is 24.5 Å². The lowest BCUT2D eigenvalue weighted by atomic mass is 9.65. The van der Waals surface area contributed by atoms with Crippen LogP contribution in [-0.2, 0) is 20.8 Å². The molecule has 3 aliphatic heterocycles. The summed E-state index contributed by atoms with van der Waals surface area (Å²) >= 11 is 8.39. The van der Waals surface area contributed by atoms with Gasteiger partial charge in [-0.1, -0.05) is 73.1 Å². The number of anilines is 2. The van der Waals surface area contributed by atoms with E-state index in [0.29, 0.717) is 41.6 Å². The fourth-order valence-corrected chi connectivity index (χ4v) is 11.3. The molecule has 2 bridgehead atoms.